The fraction of sp³-hybridized carbons (Fsp3) is 0.294. The number of H-pyrrole nitrogens is 2. The molecule has 9 heteroatoms. The lowest BCUT2D eigenvalue weighted by atomic mass is 10.1. The summed E-state index contributed by atoms with van der Waals surface area (Å²) in [7, 11) is 0. The van der Waals surface area contributed by atoms with E-state index in [1.165, 1.54) is 12.1 Å². The maximum Gasteiger partial charge on any atom is 0.311 e. The van der Waals surface area contributed by atoms with Gasteiger partial charge in [0.25, 0.3) is 0 Å². The van der Waals surface area contributed by atoms with Crippen LogP contribution in [0.1, 0.15) is 35.9 Å². The van der Waals surface area contributed by atoms with Crippen LogP contribution in [0.2, 0.25) is 0 Å². The van der Waals surface area contributed by atoms with Gasteiger partial charge in [-0.25, -0.2) is 9.37 Å². The van der Waals surface area contributed by atoms with E-state index in [1.807, 2.05) is 6.92 Å². The van der Waals surface area contributed by atoms with Gasteiger partial charge in [0, 0.05) is 16.6 Å². The number of aryl methyl sites for hydroxylation is 1. The molecule has 0 fully saturated rings. The highest BCUT2D eigenvalue weighted by molar-refractivity contribution is 5.90. The van der Waals surface area contributed by atoms with Gasteiger partial charge in [0.05, 0.1) is 12.5 Å². The molecule has 0 unspecified atom stereocenters. The number of benzene rings is 1. The molecule has 136 valence electrons. The highest BCUT2D eigenvalue weighted by Crippen LogP contribution is 2.23. The van der Waals surface area contributed by atoms with Gasteiger partial charge in [0.2, 0.25) is 5.91 Å². The second-order valence-corrected chi connectivity index (χ2v) is 6.10. The van der Waals surface area contributed by atoms with Crippen molar-refractivity contribution >= 4 is 22.8 Å². The maximum absolute atomic E-state index is 13.5. The zero-order chi connectivity index (χ0) is 18.8. The Morgan fingerprint density at radius 3 is 2.85 bits per heavy atom. The van der Waals surface area contributed by atoms with Crippen molar-refractivity contribution in [1.82, 2.24) is 25.5 Å². The number of fused-ring (bicyclic) bond motifs is 1. The molecule has 3 aromatic rings. The van der Waals surface area contributed by atoms with E-state index in [9.17, 15) is 14.0 Å². The Kier molecular flexibility index (Phi) is 4.70. The van der Waals surface area contributed by atoms with Crippen LogP contribution in [0.15, 0.2) is 18.2 Å². The minimum absolute atomic E-state index is 0.0754. The van der Waals surface area contributed by atoms with E-state index in [1.54, 1.807) is 13.0 Å². The molecule has 3 rings (SSSR count). The first kappa shape index (κ1) is 17.6. The summed E-state index contributed by atoms with van der Waals surface area (Å²) < 4.78 is 13.5. The van der Waals surface area contributed by atoms with Crippen LogP contribution >= 0.6 is 0 Å². The summed E-state index contributed by atoms with van der Waals surface area (Å²) >= 11 is 0. The molecule has 8 nitrogen and oxygen atoms in total. The van der Waals surface area contributed by atoms with Crippen LogP contribution in [0.4, 0.5) is 4.39 Å². The van der Waals surface area contributed by atoms with Gasteiger partial charge < -0.3 is 15.4 Å². The van der Waals surface area contributed by atoms with Crippen molar-refractivity contribution < 1.29 is 19.1 Å². The first-order valence-corrected chi connectivity index (χ1v) is 8.02. The van der Waals surface area contributed by atoms with Gasteiger partial charge in [0.15, 0.2) is 5.82 Å². The molecule has 0 aliphatic carbocycles. The van der Waals surface area contributed by atoms with Gasteiger partial charge in [0.1, 0.15) is 18.1 Å². The number of nitrogens with one attached hydrogen (secondary N) is 3. The molecule has 0 spiro atoms. The number of nitrogens with zero attached hydrogens (tertiary/aromatic N) is 2. The second-order valence-electron chi connectivity index (χ2n) is 6.10. The number of rotatable bonds is 6. The van der Waals surface area contributed by atoms with Crippen LogP contribution in [0.25, 0.3) is 10.9 Å². The highest BCUT2D eigenvalue weighted by atomic mass is 19.1. The molecular formula is C17H18FN5O3. The molecule has 1 amide bonds. The maximum atomic E-state index is 13.5. The SMILES string of the molecule is Cc1[nH]c2ccc(F)cc2c1CC(=O)N[C@@H](C)c1n[nH]c(CC(=O)O)n1. The van der Waals surface area contributed by atoms with E-state index in [2.05, 4.69) is 25.5 Å². The lowest BCUT2D eigenvalue weighted by Crippen LogP contribution is -2.29. The molecule has 0 radical (unpaired) electrons. The Balaban J connectivity index is 1.71. The molecule has 0 aliphatic heterocycles. The largest absolute Gasteiger partial charge is 0.481 e. The summed E-state index contributed by atoms with van der Waals surface area (Å²) in [4.78, 5) is 30.3. The molecule has 0 saturated heterocycles. The lowest BCUT2D eigenvalue weighted by Gasteiger charge is -2.10. The predicted molar refractivity (Wildman–Crippen MR) is 91.0 cm³/mol. The van der Waals surface area contributed by atoms with Crippen molar-refractivity contribution in [2.45, 2.75) is 32.7 Å². The van der Waals surface area contributed by atoms with E-state index in [0.29, 0.717) is 11.2 Å². The predicted octanol–water partition coefficient (Wildman–Crippen LogP) is 1.78. The van der Waals surface area contributed by atoms with Crippen LogP contribution in [-0.4, -0.2) is 37.1 Å². The van der Waals surface area contributed by atoms with Crippen molar-refractivity contribution in [3.8, 4) is 0 Å². The number of aromatic nitrogens is 4. The molecule has 0 aliphatic rings. The first-order valence-electron chi connectivity index (χ1n) is 8.02. The highest BCUT2D eigenvalue weighted by Gasteiger charge is 2.18. The molecule has 2 aromatic heterocycles. The Labute approximate surface area is 147 Å². The minimum Gasteiger partial charge on any atom is -0.481 e. The van der Waals surface area contributed by atoms with Crippen LogP contribution in [0, 0.1) is 12.7 Å². The molecule has 0 bridgehead atoms. The van der Waals surface area contributed by atoms with Crippen LogP contribution in [0.5, 0.6) is 0 Å². The van der Waals surface area contributed by atoms with Crippen LogP contribution in [-0.2, 0) is 22.4 Å². The molecule has 2 heterocycles. The van der Waals surface area contributed by atoms with Crippen molar-refractivity contribution in [3.05, 3.63) is 46.9 Å². The number of halogens is 1. The third-order valence-corrected chi connectivity index (χ3v) is 4.05. The molecule has 26 heavy (non-hydrogen) atoms. The molecule has 1 atom stereocenters. The van der Waals surface area contributed by atoms with Crippen molar-refractivity contribution in [3.63, 3.8) is 0 Å². The lowest BCUT2D eigenvalue weighted by molar-refractivity contribution is -0.136. The smallest absolute Gasteiger partial charge is 0.311 e. The standard InChI is InChI=1S/C17H18FN5O3/c1-8-11(12-5-10(18)3-4-13(12)19-8)6-15(24)20-9(2)17-21-14(22-23-17)7-16(25)26/h3-5,9,19H,6-7H2,1-2H3,(H,20,24)(H,25,26)(H,21,22,23)/t9-/m0/s1. The van der Waals surface area contributed by atoms with Crippen molar-refractivity contribution in [1.29, 1.82) is 0 Å². The van der Waals surface area contributed by atoms with E-state index in [4.69, 9.17) is 5.11 Å². The van der Waals surface area contributed by atoms with Crippen molar-refractivity contribution in [2.75, 3.05) is 0 Å². The second kappa shape index (κ2) is 6.95. The van der Waals surface area contributed by atoms with Crippen molar-refractivity contribution in [2.24, 2.45) is 0 Å². The van der Waals surface area contributed by atoms with Crippen LogP contribution < -0.4 is 5.32 Å². The number of aromatic amines is 2. The zero-order valence-corrected chi connectivity index (χ0v) is 14.3. The minimum atomic E-state index is -1.02. The molecule has 0 saturated carbocycles. The number of carboxylic acids is 1. The molecular weight excluding hydrogens is 341 g/mol. The van der Waals surface area contributed by atoms with Crippen LogP contribution in [0.3, 0.4) is 0 Å². The monoisotopic (exact) mass is 359 g/mol. The Hall–Kier alpha value is -3.23. The third-order valence-electron chi connectivity index (χ3n) is 4.05. The summed E-state index contributed by atoms with van der Waals surface area (Å²) in [5, 5.41) is 18.7. The van der Waals surface area contributed by atoms with E-state index >= 15 is 0 Å². The normalized spacial score (nSPS) is 12.3. The summed E-state index contributed by atoms with van der Waals surface area (Å²) in [6, 6.07) is 3.91. The Morgan fingerprint density at radius 1 is 1.35 bits per heavy atom. The van der Waals surface area contributed by atoms with E-state index in [-0.39, 0.29) is 30.4 Å². The quantitative estimate of drug-likeness (QED) is 0.534. The topological polar surface area (TPSA) is 124 Å². The number of amides is 1. The average Bonchev–Trinajstić information content (AvgIpc) is 3.12. The number of hydrogen-bond donors (Lipinski definition) is 4. The summed E-state index contributed by atoms with van der Waals surface area (Å²) in [5.41, 5.74) is 2.30. The van der Waals surface area contributed by atoms with Gasteiger partial charge in [-0.3, -0.25) is 14.7 Å². The Morgan fingerprint density at radius 2 is 2.12 bits per heavy atom. The average molecular weight is 359 g/mol. The first-order chi connectivity index (χ1) is 12.3. The summed E-state index contributed by atoms with van der Waals surface area (Å²) in [5.74, 6) is -1.13. The third kappa shape index (κ3) is 3.71. The molecule has 1 aromatic carbocycles. The fourth-order valence-corrected chi connectivity index (χ4v) is 2.83. The number of carbonyl (C=O) groups is 2. The van der Waals surface area contributed by atoms with Gasteiger partial charge in [-0.15, -0.1) is 0 Å². The summed E-state index contributed by atoms with van der Waals surface area (Å²) in [6.45, 7) is 3.53. The zero-order valence-electron chi connectivity index (χ0n) is 14.3. The van der Waals surface area contributed by atoms with E-state index in [0.717, 1.165) is 16.8 Å². The van der Waals surface area contributed by atoms with Gasteiger partial charge in [-0.2, -0.15) is 5.10 Å². The number of aliphatic carboxylic acids is 1. The summed E-state index contributed by atoms with van der Waals surface area (Å²) in [6.07, 6.45) is -0.195. The van der Waals surface area contributed by atoms with Gasteiger partial charge >= 0.3 is 5.97 Å². The van der Waals surface area contributed by atoms with Gasteiger partial charge in [-0.05, 0) is 37.6 Å². The van der Waals surface area contributed by atoms with E-state index < -0.39 is 12.0 Å². The number of carbonyl (C=O) groups excluding carboxylic acids is 1. The van der Waals surface area contributed by atoms with Gasteiger partial charge in [-0.1, -0.05) is 0 Å². The number of hydrogen-bond acceptors (Lipinski definition) is 4. The molecule has 4 N–H and O–H groups in total. The Bertz CT molecular complexity index is 978. The number of carboxylic acid groups (broad SMARTS) is 1. The fourth-order valence-electron chi connectivity index (χ4n) is 2.83.